The second-order valence-electron chi connectivity index (χ2n) is 5.91. The number of nitrogens with one attached hydrogen (secondary N) is 1. The van der Waals surface area contributed by atoms with Gasteiger partial charge in [-0.1, -0.05) is 0 Å². The maximum atomic E-state index is 13.1. The van der Waals surface area contributed by atoms with E-state index in [2.05, 4.69) is 24.1 Å². The van der Waals surface area contributed by atoms with Crippen molar-refractivity contribution in [2.24, 2.45) is 5.92 Å². The molecule has 1 aliphatic rings. The van der Waals surface area contributed by atoms with Gasteiger partial charge in [0.2, 0.25) is 0 Å². The summed E-state index contributed by atoms with van der Waals surface area (Å²) in [6, 6.07) is 3.77. The molecule has 1 saturated heterocycles. The van der Waals surface area contributed by atoms with Gasteiger partial charge >= 0.3 is 0 Å². The predicted octanol–water partition coefficient (Wildman–Crippen LogP) is 2.82. The van der Waals surface area contributed by atoms with Gasteiger partial charge in [0.05, 0.1) is 0 Å². The lowest BCUT2D eigenvalue weighted by atomic mass is 9.96. The van der Waals surface area contributed by atoms with E-state index in [4.69, 9.17) is 0 Å². The summed E-state index contributed by atoms with van der Waals surface area (Å²) in [5.41, 5.74) is 0.161. The van der Waals surface area contributed by atoms with E-state index in [0.29, 0.717) is 18.5 Å². The number of hydrogen-bond acceptors (Lipinski definition) is 2. The van der Waals surface area contributed by atoms with Crippen LogP contribution in [0.25, 0.3) is 0 Å². The van der Waals surface area contributed by atoms with Crippen molar-refractivity contribution >= 4 is 5.91 Å². The number of carbonyl (C=O) groups is 1. The van der Waals surface area contributed by atoms with E-state index in [1.165, 1.54) is 6.07 Å². The SMILES string of the molecule is CC(C)N1CCC(CNC(=O)c2ccc(F)c(F)c2)CC1. The van der Waals surface area contributed by atoms with Crippen LogP contribution in [0.5, 0.6) is 0 Å². The number of rotatable bonds is 4. The molecule has 1 aliphatic heterocycles. The van der Waals surface area contributed by atoms with Crippen molar-refractivity contribution in [3.8, 4) is 0 Å². The van der Waals surface area contributed by atoms with E-state index in [0.717, 1.165) is 38.1 Å². The fourth-order valence-electron chi connectivity index (χ4n) is 2.65. The molecule has 0 bridgehead atoms. The lowest BCUT2D eigenvalue weighted by Gasteiger charge is -2.34. The van der Waals surface area contributed by atoms with Crippen molar-refractivity contribution in [1.29, 1.82) is 0 Å². The molecule has 1 aromatic rings. The van der Waals surface area contributed by atoms with Gasteiger partial charge in [0.1, 0.15) is 0 Å². The summed E-state index contributed by atoms with van der Waals surface area (Å²) in [6.07, 6.45) is 2.10. The van der Waals surface area contributed by atoms with E-state index < -0.39 is 11.6 Å². The highest BCUT2D eigenvalue weighted by Crippen LogP contribution is 2.18. The minimum Gasteiger partial charge on any atom is -0.352 e. The van der Waals surface area contributed by atoms with Crippen molar-refractivity contribution in [3.05, 3.63) is 35.4 Å². The monoisotopic (exact) mass is 296 g/mol. The highest BCUT2D eigenvalue weighted by molar-refractivity contribution is 5.94. The molecule has 1 N–H and O–H groups in total. The third-order valence-corrected chi connectivity index (χ3v) is 4.11. The Kier molecular flexibility index (Phi) is 5.28. The van der Waals surface area contributed by atoms with Crippen LogP contribution in [0.2, 0.25) is 0 Å². The summed E-state index contributed by atoms with van der Waals surface area (Å²) in [7, 11) is 0. The third-order valence-electron chi connectivity index (χ3n) is 4.11. The highest BCUT2D eigenvalue weighted by Gasteiger charge is 2.21. The second-order valence-corrected chi connectivity index (χ2v) is 5.91. The first kappa shape index (κ1) is 15.9. The van der Waals surface area contributed by atoms with Crippen LogP contribution in [0.1, 0.15) is 37.0 Å². The van der Waals surface area contributed by atoms with Crippen molar-refractivity contribution < 1.29 is 13.6 Å². The van der Waals surface area contributed by atoms with Crippen LogP contribution < -0.4 is 5.32 Å². The summed E-state index contributed by atoms with van der Waals surface area (Å²) in [5, 5.41) is 2.81. The predicted molar refractivity (Wildman–Crippen MR) is 78.1 cm³/mol. The molecular formula is C16H22F2N2O. The number of carbonyl (C=O) groups excluding carboxylic acids is 1. The Morgan fingerprint density at radius 2 is 1.95 bits per heavy atom. The summed E-state index contributed by atoms with van der Waals surface area (Å²) in [4.78, 5) is 14.3. The lowest BCUT2D eigenvalue weighted by Crippen LogP contribution is -2.41. The Morgan fingerprint density at radius 1 is 1.29 bits per heavy atom. The minimum atomic E-state index is -0.993. The van der Waals surface area contributed by atoms with Gasteiger partial charge in [0.15, 0.2) is 11.6 Å². The molecule has 0 spiro atoms. The Morgan fingerprint density at radius 3 is 2.52 bits per heavy atom. The zero-order valence-corrected chi connectivity index (χ0v) is 12.5. The van der Waals surface area contributed by atoms with Crippen molar-refractivity contribution in [2.45, 2.75) is 32.7 Å². The van der Waals surface area contributed by atoms with E-state index in [1.807, 2.05) is 0 Å². The molecule has 1 fully saturated rings. The molecule has 0 aliphatic carbocycles. The second kappa shape index (κ2) is 6.98. The number of piperidine rings is 1. The quantitative estimate of drug-likeness (QED) is 0.926. The fourth-order valence-corrected chi connectivity index (χ4v) is 2.65. The number of nitrogens with zero attached hydrogens (tertiary/aromatic N) is 1. The van der Waals surface area contributed by atoms with E-state index in [1.54, 1.807) is 0 Å². The van der Waals surface area contributed by atoms with Crippen molar-refractivity contribution in [2.75, 3.05) is 19.6 Å². The van der Waals surface area contributed by atoms with Gasteiger partial charge in [-0.15, -0.1) is 0 Å². The smallest absolute Gasteiger partial charge is 0.251 e. The van der Waals surface area contributed by atoms with Crippen molar-refractivity contribution in [1.82, 2.24) is 10.2 Å². The van der Waals surface area contributed by atoms with Crippen molar-refractivity contribution in [3.63, 3.8) is 0 Å². The van der Waals surface area contributed by atoms with Gasteiger partial charge < -0.3 is 10.2 Å². The zero-order chi connectivity index (χ0) is 15.4. The third kappa shape index (κ3) is 4.24. The van der Waals surface area contributed by atoms with Crippen LogP contribution in [-0.4, -0.2) is 36.5 Å². The molecular weight excluding hydrogens is 274 g/mol. The first-order valence-corrected chi connectivity index (χ1v) is 7.44. The number of benzene rings is 1. The van der Waals surface area contributed by atoms with Crippen LogP contribution in [0, 0.1) is 17.6 Å². The Hall–Kier alpha value is -1.49. The number of hydrogen-bond donors (Lipinski definition) is 1. The molecule has 1 amide bonds. The van der Waals surface area contributed by atoms with Crippen LogP contribution in [-0.2, 0) is 0 Å². The van der Waals surface area contributed by atoms with Gasteiger partial charge in [-0.2, -0.15) is 0 Å². The van der Waals surface area contributed by atoms with Gasteiger partial charge in [-0.3, -0.25) is 4.79 Å². The molecule has 21 heavy (non-hydrogen) atoms. The first-order valence-electron chi connectivity index (χ1n) is 7.44. The molecule has 1 aromatic carbocycles. The minimum absolute atomic E-state index is 0.161. The Bertz CT molecular complexity index is 497. The molecule has 3 nitrogen and oxygen atoms in total. The van der Waals surface area contributed by atoms with Gasteiger partial charge in [-0.25, -0.2) is 8.78 Å². The zero-order valence-electron chi connectivity index (χ0n) is 12.5. The number of amides is 1. The molecule has 0 radical (unpaired) electrons. The maximum absolute atomic E-state index is 13.1. The summed E-state index contributed by atoms with van der Waals surface area (Å²) >= 11 is 0. The van der Waals surface area contributed by atoms with Gasteiger partial charge in [0, 0.05) is 18.2 Å². The van der Waals surface area contributed by atoms with E-state index in [9.17, 15) is 13.6 Å². The molecule has 0 atom stereocenters. The number of likely N-dealkylation sites (tertiary alicyclic amines) is 1. The highest BCUT2D eigenvalue weighted by atomic mass is 19.2. The van der Waals surface area contributed by atoms with Gasteiger partial charge in [0.25, 0.3) is 5.91 Å². The normalized spacial score (nSPS) is 17.2. The summed E-state index contributed by atoms with van der Waals surface area (Å²) in [6.45, 7) is 7.05. The topological polar surface area (TPSA) is 32.3 Å². The Labute approximate surface area is 124 Å². The van der Waals surface area contributed by atoms with Crippen LogP contribution in [0.3, 0.4) is 0 Å². The molecule has 1 heterocycles. The van der Waals surface area contributed by atoms with Crippen LogP contribution >= 0.6 is 0 Å². The van der Waals surface area contributed by atoms with E-state index in [-0.39, 0.29) is 11.5 Å². The molecule has 116 valence electrons. The van der Waals surface area contributed by atoms with Crippen LogP contribution in [0.15, 0.2) is 18.2 Å². The summed E-state index contributed by atoms with van der Waals surface area (Å²) < 4.78 is 25.9. The first-order chi connectivity index (χ1) is 9.97. The average Bonchev–Trinajstić information content (AvgIpc) is 2.48. The van der Waals surface area contributed by atoms with E-state index >= 15 is 0 Å². The number of halogens is 2. The summed E-state index contributed by atoms with van der Waals surface area (Å²) in [5.74, 6) is -1.82. The molecule has 0 saturated carbocycles. The largest absolute Gasteiger partial charge is 0.352 e. The maximum Gasteiger partial charge on any atom is 0.251 e. The standard InChI is InChI=1S/C16H22F2N2O/c1-11(2)20-7-5-12(6-8-20)10-19-16(21)13-3-4-14(17)15(18)9-13/h3-4,9,11-12H,5-8,10H2,1-2H3,(H,19,21). The average molecular weight is 296 g/mol. The van der Waals surface area contributed by atoms with Gasteiger partial charge in [-0.05, 0) is 63.9 Å². The molecule has 0 unspecified atom stereocenters. The fraction of sp³-hybridized carbons (Fsp3) is 0.562. The van der Waals surface area contributed by atoms with Crippen LogP contribution in [0.4, 0.5) is 8.78 Å². The Balaban J connectivity index is 1.81. The molecule has 5 heteroatoms. The molecule has 0 aromatic heterocycles. The molecule has 2 rings (SSSR count). The lowest BCUT2D eigenvalue weighted by molar-refractivity contribution is 0.0929.